The first kappa shape index (κ1) is 35.4. The van der Waals surface area contributed by atoms with E-state index < -0.39 is 17.8 Å². The number of carbonyl (C=O) groups is 4. The third-order valence-corrected chi connectivity index (χ3v) is 7.99. The van der Waals surface area contributed by atoms with Gasteiger partial charge in [-0.3, -0.25) is 14.6 Å². The number of alkyl carbamates (subject to hydrolysis) is 1. The van der Waals surface area contributed by atoms with Crippen LogP contribution in [0.3, 0.4) is 0 Å². The third-order valence-electron chi connectivity index (χ3n) is 7.99. The van der Waals surface area contributed by atoms with E-state index in [0.29, 0.717) is 43.9 Å². The number of amides is 2. The number of carbonyl (C=O) groups excluding carboxylic acids is 4. The van der Waals surface area contributed by atoms with Gasteiger partial charge < -0.3 is 29.3 Å². The van der Waals surface area contributed by atoms with Gasteiger partial charge in [-0.1, -0.05) is 20.3 Å². The molecule has 1 aromatic rings. The van der Waals surface area contributed by atoms with E-state index >= 15 is 0 Å². The van der Waals surface area contributed by atoms with Crippen LogP contribution in [0.2, 0.25) is 0 Å². The van der Waals surface area contributed by atoms with Gasteiger partial charge in [-0.2, -0.15) is 5.26 Å². The second-order valence-corrected chi connectivity index (χ2v) is 12.6. The van der Waals surface area contributed by atoms with Gasteiger partial charge in [-0.05, 0) is 58.4 Å². The van der Waals surface area contributed by atoms with E-state index in [-0.39, 0.29) is 50.0 Å². The fraction of sp³-hybridized carbons (Fsp3) is 0.688. The first-order valence-electron chi connectivity index (χ1n) is 15.8. The van der Waals surface area contributed by atoms with Crippen molar-refractivity contribution in [3.63, 3.8) is 0 Å². The number of hydrogen-bond donors (Lipinski definition) is 1. The van der Waals surface area contributed by atoms with Crippen LogP contribution in [0, 0.1) is 17.2 Å². The Morgan fingerprint density at radius 1 is 1.16 bits per heavy atom. The van der Waals surface area contributed by atoms with Gasteiger partial charge in [0.1, 0.15) is 30.7 Å². The average molecular weight is 629 g/mol. The Bertz CT molecular complexity index is 1380. The molecule has 13 nitrogen and oxygen atoms in total. The molecule has 1 saturated heterocycles. The predicted octanol–water partition coefficient (Wildman–Crippen LogP) is 2.70. The van der Waals surface area contributed by atoms with Crippen molar-refractivity contribution in [1.82, 2.24) is 19.7 Å². The van der Waals surface area contributed by atoms with E-state index in [2.05, 4.69) is 17.1 Å². The van der Waals surface area contributed by atoms with Crippen molar-refractivity contribution in [1.29, 1.82) is 5.26 Å². The highest BCUT2D eigenvalue weighted by molar-refractivity contribution is 5.78. The van der Waals surface area contributed by atoms with Crippen molar-refractivity contribution < 1.29 is 33.4 Å². The normalized spacial score (nSPS) is 19.2. The molecule has 1 N–H and O–H groups in total. The van der Waals surface area contributed by atoms with Gasteiger partial charge in [0, 0.05) is 56.3 Å². The Hall–Kier alpha value is -4.08. The Labute approximate surface area is 265 Å². The number of likely N-dealkylation sites (tertiary alicyclic amines) is 1. The van der Waals surface area contributed by atoms with Crippen molar-refractivity contribution >= 4 is 29.8 Å². The number of fused-ring (bicyclic) bond motifs is 1. The zero-order valence-corrected chi connectivity index (χ0v) is 27.5. The van der Waals surface area contributed by atoms with Crippen molar-refractivity contribution in [3.05, 3.63) is 23.0 Å². The van der Waals surface area contributed by atoms with Crippen LogP contribution in [0.15, 0.2) is 17.3 Å². The molecule has 1 aromatic heterocycles. The SMILES string of the molecule is CCC1N=c2c(ccn2C(=O)OCCOC(=O)CCCCCNC(=O)OC(C)(C)C)=C1N(C)[C@H]1CN(C(=O)CC#N)CC[C@H]1C. The number of nitrogens with one attached hydrogen (secondary N) is 1. The molecule has 3 rings (SSSR count). The Kier molecular flexibility index (Phi) is 12.8. The molecular formula is C32H48N6O7. The number of rotatable bonds is 13. The molecule has 0 saturated carbocycles. The minimum absolute atomic E-state index is 0.0467. The van der Waals surface area contributed by atoms with Crippen LogP contribution in [0.5, 0.6) is 0 Å². The topological polar surface area (TPSA) is 156 Å². The largest absolute Gasteiger partial charge is 0.462 e. The van der Waals surface area contributed by atoms with Gasteiger partial charge in [-0.25, -0.2) is 14.2 Å². The zero-order chi connectivity index (χ0) is 33.1. The highest BCUT2D eigenvalue weighted by atomic mass is 16.6. The number of hydrogen-bond acceptors (Lipinski definition) is 10. The minimum atomic E-state index is -0.605. The molecule has 3 heterocycles. The Balaban J connectivity index is 1.48. The number of nitriles is 1. The lowest BCUT2D eigenvalue weighted by Crippen LogP contribution is -2.53. The van der Waals surface area contributed by atoms with Gasteiger partial charge in [0.25, 0.3) is 0 Å². The fourth-order valence-corrected chi connectivity index (χ4v) is 5.64. The molecule has 1 fully saturated rings. The van der Waals surface area contributed by atoms with Gasteiger partial charge >= 0.3 is 18.2 Å². The Morgan fingerprint density at radius 3 is 2.58 bits per heavy atom. The molecule has 248 valence electrons. The number of esters is 1. The van der Waals surface area contributed by atoms with Crippen molar-refractivity contribution in [2.24, 2.45) is 10.9 Å². The molecule has 0 spiro atoms. The summed E-state index contributed by atoms with van der Waals surface area (Å²) in [5.41, 5.74) is 0.977. The van der Waals surface area contributed by atoms with Crippen molar-refractivity contribution in [2.75, 3.05) is 39.9 Å². The number of piperidine rings is 1. The highest BCUT2D eigenvalue weighted by Gasteiger charge is 2.35. The summed E-state index contributed by atoms with van der Waals surface area (Å²) in [6.45, 7) is 11.1. The average Bonchev–Trinajstić information content (AvgIpc) is 3.55. The molecule has 0 bridgehead atoms. The number of ether oxygens (including phenoxy) is 3. The minimum Gasteiger partial charge on any atom is -0.462 e. The molecule has 2 aliphatic rings. The first-order chi connectivity index (χ1) is 21.4. The molecule has 2 aliphatic heterocycles. The monoisotopic (exact) mass is 628 g/mol. The fourth-order valence-electron chi connectivity index (χ4n) is 5.64. The lowest BCUT2D eigenvalue weighted by atomic mass is 9.91. The lowest BCUT2D eigenvalue weighted by Gasteiger charge is -2.43. The second-order valence-electron chi connectivity index (χ2n) is 12.6. The number of nitrogens with zero attached hydrogens (tertiary/aromatic N) is 5. The molecule has 45 heavy (non-hydrogen) atoms. The summed E-state index contributed by atoms with van der Waals surface area (Å²) in [6, 6.07) is 3.71. The van der Waals surface area contributed by atoms with E-state index in [1.165, 1.54) is 4.57 Å². The quantitative estimate of drug-likeness (QED) is 0.197. The molecule has 0 aliphatic carbocycles. The molecule has 0 aromatic carbocycles. The third kappa shape index (κ3) is 9.96. The van der Waals surface area contributed by atoms with Gasteiger partial charge in [0.2, 0.25) is 5.91 Å². The second kappa shape index (κ2) is 16.3. The van der Waals surface area contributed by atoms with Crippen LogP contribution in [-0.4, -0.2) is 96.0 Å². The predicted molar refractivity (Wildman–Crippen MR) is 165 cm³/mol. The summed E-state index contributed by atoms with van der Waals surface area (Å²) < 4.78 is 17.1. The standard InChI is InChI=1S/C32H48N6O7/c1-7-24-28(36(6)25-21-37(17-13-22(25)2)26(39)12-15-33)23-14-18-38(29(23)35-24)31(42)44-20-19-43-27(40)11-9-8-10-16-34-30(41)45-32(3,4)5/h14,18,22,24-25H,7-13,16-17,19-21H2,1-6H3,(H,34,41)/t22-,24?,25+/m1/s1. The van der Waals surface area contributed by atoms with Crippen LogP contribution in [0.25, 0.3) is 5.70 Å². The highest BCUT2D eigenvalue weighted by Crippen LogP contribution is 2.27. The summed E-state index contributed by atoms with van der Waals surface area (Å²) in [4.78, 5) is 57.8. The van der Waals surface area contributed by atoms with Crippen LogP contribution >= 0.6 is 0 Å². The van der Waals surface area contributed by atoms with E-state index in [9.17, 15) is 19.2 Å². The Morgan fingerprint density at radius 2 is 1.89 bits per heavy atom. The molecule has 2 amide bonds. The van der Waals surface area contributed by atoms with Crippen molar-refractivity contribution in [2.45, 2.75) is 97.2 Å². The maximum atomic E-state index is 12.9. The van der Waals surface area contributed by atoms with Gasteiger partial charge in [0.15, 0.2) is 0 Å². The smallest absolute Gasteiger partial charge is 0.419 e. The lowest BCUT2D eigenvalue weighted by molar-refractivity contribution is -0.144. The number of unbranched alkanes of at least 4 members (excludes halogenated alkanes) is 2. The van der Waals surface area contributed by atoms with E-state index in [1.807, 2.05) is 26.1 Å². The summed E-state index contributed by atoms with van der Waals surface area (Å²) in [7, 11) is 2.01. The van der Waals surface area contributed by atoms with Gasteiger partial charge in [-0.15, -0.1) is 0 Å². The molecule has 3 atom stereocenters. The van der Waals surface area contributed by atoms with Crippen LogP contribution in [0.4, 0.5) is 9.59 Å². The molecule has 0 radical (unpaired) electrons. The van der Waals surface area contributed by atoms with E-state index in [0.717, 1.165) is 30.2 Å². The number of likely N-dealkylation sites (N-methyl/N-ethyl adjacent to an activating group) is 1. The summed E-state index contributed by atoms with van der Waals surface area (Å²) in [6.07, 6.45) is 4.32. The van der Waals surface area contributed by atoms with E-state index in [1.54, 1.807) is 31.9 Å². The van der Waals surface area contributed by atoms with Crippen LogP contribution in [-0.2, 0) is 23.8 Å². The van der Waals surface area contributed by atoms with Crippen molar-refractivity contribution in [3.8, 4) is 6.07 Å². The molecule has 1 unspecified atom stereocenters. The van der Waals surface area contributed by atoms with Gasteiger partial charge in [0.05, 0.1) is 12.1 Å². The summed E-state index contributed by atoms with van der Waals surface area (Å²) in [5.74, 6) is -0.201. The van der Waals surface area contributed by atoms with E-state index in [4.69, 9.17) is 24.5 Å². The van der Waals surface area contributed by atoms with Crippen LogP contribution in [0.1, 0.15) is 79.6 Å². The molecular weight excluding hydrogens is 580 g/mol. The zero-order valence-electron chi connectivity index (χ0n) is 27.5. The van der Waals surface area contributed by atoms with Crippen LogP contribution < -0.4 is 16.0 Å². The molecule has 13 heteroatoms. The summed E-state index contributed by atoms with van der Waals surface area (Å²) >= 11 is 0. The maximum Gasteiger partial charge on any atom is 0.419 e. The summed E-state index contributed by atoms with van der Waals surface area (Å²) in [5, 5.41) is 12.5. The maximum absolute atomic E-state index is 12.9. The number of aromatic nitrogens is 1. The first-order valence-corrected chi connectivity index (χ1v) is 15.8.